The quantitative estimate of drug-likeness (QED) is 0.500. The van der Waals surface area contributed by atoms with Crippen molar-refractivity contribution in [3.63, 3.8) is 0 Å². The minimum Gasteiger partial charge on any atom is -0.493 e. The molecule has 6 nitrogen and oxygen atoms in total. The molecule has 1 aliphatic rings. The molecule has 28 heavy (non-hydrogen) atoms. The average Bonchev–Trinajstić information content (AvgIpc) is 2.94. The molecule has 1 saturated heterocycles. The molecule has 1 heterocycles. The number of ether oxygens (including phenoxy) is 2. The summed E-state index contributed by atoms with van der Waals surface area (Å²) >= 11 is 9.66. The average molecular weight is 466 g/mol. The molecule has 0 atom stereocenters. The Morgan fingerprint density at radius 1 is 1.25 bits per heavy atom. The maximum Gasteiger partial charge on any atom is 0.328 e. The zero-order valence-corrected chi connectivity index (χ0v) is 17.6. The van der Waals surface area contributed by atoms with Gasteiger partial charge in [0.2, 0.25) is 0 Å². The Labute approximate surface area is 176 Å². The molecule has 3 rings (SSSR count). The minimum atomic E-state index is -0.426. The highest BCUT2D eigenvalue weighted by Crippen LogP contribution is 2.38. The monoisotopic (exact) mass is 464 g/mol. The largest absolute Gasteiger partial charge is 0.493 e. The van der Waals surface area contributed by atoms with Crippen molar-refractivity contribution in [2.45, 2.75) is 13.5 Å². The molecule has 1 aliphatic heterocycles. The number of hydrogen-bond acceptors (Lipinski definition) is 4. The number of amides is 3. The number of likely N-dealkylation sites (N-methyl/N-ethyl adjacent to an activating group) is 1. The van der Waals surface area contributed by atoms with Crippen molar-refractivity contribution in [2.75, 3.05) is 13.7 Å². The van der Waals surface area contributed by atoms with Gasteiger partial charge < -0.3 is 14.8 Å². The van der Waals surface area contributed by atoms with Crippen LogP contribution in [0, 0.1) is 0 Å². The van der Waals surface area contributed by atoms with Crippen LogP contribution in [-0.2, 0) is 11.4 Å². The summed E-state index contributed by atoms with van der Waals surface area (Å²) in [5.74, 6) is 0.639. The van der Waals surface area contributed by atoms with E-state index in [0.29, 0.717) is 33.1 Å². The first-order chi connectivity index (χ1) is 13.4. The van der Waals surface area contributed by atoms with E-state index in [2.05, 4.69) is 21.2 Å². The van der Waals surface area contributed by atoms with Crippen molar-refractivity contribution in [3.8, 4) is 11.5 Å². The molecule has 0 saturated carbocycles. The van der Waals surface area contributed by atoms with E-state index < -0.39 is 6.03 Å². The van der Waals surface area contributed by atoms with E-state index in [1.807, 2.05) is 18.2 Å². The topological polar surface area (TPSA) is 67.9 Å². The van der Waals surface area contributed by atoms with Crippen LogP contribution in [0.5, 0.6) is 11.5 Å². The number of nitrogens with one attached hydrogen (secondary N) is 1. The normalized spacial score (nSPS) is 15.1. The molecule has 1 fully saturated rings. The highest BCUT2D eigenvalue weighted by atomic mass is 79.9. The lowest BCUT2D eigenvalue weighted by molar-refractivity contribution is -0.122. The molecule has 8 heteroatoms. The van der Waals surface area contributed by atoms with Gasteiger partial charge in [-0.15, -0.1) is 0 Å². The molecule has 146 valence electrons. The Bertz CT molecular complexity index is 961. The van der Waals surface area contributed by atoms with Crippen LogP contribution in [-0.4, -0.2) is 30.5 Å². The summed E-state index contributed by atoms with van der Waals surface area (Å²) in [6, 6.07) is 10.5. The smallest absolute Gasteiger partial charge is 0.328 e. The molecular weight excluding hydrogens is 448 g/mol. The van der Waals surface area contributed by atoms with Crippen LogP contribution in [0.2, 0.25) is 5.02 Å². The zero-order valence-electron chi connectivity index (χ0n) is 15.3. The fourth-order valence-corrected chi connectivity index (χ4v) is 3.52. The zero-order chi connectivity index (χ0) is 20.3. The summed E-state index contributed by atoms with van der Waals surface area (Å²) in [5, 5.41) is 3.19. The summed E-state index contributed by atoms with van der Waals surface area (Å²) < 4.78 is 12.0. The van der Waals surface area contributed by atoms with Crippen molar-refractivity contribution in [2.24, 2.45) is 0 Å². The number of methoxy groups -OCH3 is 1. The van der Waals surface area contributed by atoms with E-state index in [1.54, 1.807) is 31.2 Å². The van der Waals surface area contributed by atoms with Gasteiger partial charge in [-0.05, 0) is 52.7 Å². The first-order valence-electron chi connectivity index (χ1n) is 8.52. The highest BCUT2D eigenvalue weighted by Gasteiger charge is 2.32. The van der Waals surface area contributed by atoms with Crippen LogP contribution in [0.25, 0.3) is 6.08 Å². The Kier molecular flexibility index (Phi) is 6.26. The van der Waals surface area contributed by atoms with Gasteiger partial charge >= 0.3 is 6.03 Å². The Balaban J connectivity index is 1.86. The predicted molar refractivity (Wildman–Crippen MR) is 110 cm³/mol. The van der Waals surface area contributed by atoms with Crippen molar-refractivity contribution in [3.05, 3.63) is 62.7 Å². The Morgan fingerprint density at radius 2 is 2.00 bits per heavy atom. The van der Waals surface area contributed by atoms with Crippen LogP contribution >= 0.6 is 27.5 Å². The number of imide groups is 1. The number of hydrogen-bond donors (Lipinski definition) is 1. The van der Waals surface area contributed by atoms with E-state index in [9.17, 15) is 9.59 Å². The van der Waals surface area contributed by atoms with Crippen LogP contribution in [0.3, 0.4) is 0 Å². The molecule has 0 bridgehead atoms. The number of carbonyl (C=O) groups is 2. The van der Waals surface area contributed by atoms with Gasteiger partial charge in [-0.2, -0.15) is 0 Å². The van der Waals surface area contributed by atoms with Crippen molar-refractivity contribution >= 4 is 45.5 Å². The van der Waals surface area contributed by atoms with Gasteiger partial charge in [-0.1, -0.05) is 29.8 Å². The number of benzene rings is 2. The Hall–Kier alpha value is -2.51. The van der Waals surface area contributed by atoms with Gasteiger partial charge in [0.05, 0.1) is 11.6 Å². The molecule has 0 spiro atoms. The van der Waals surface area contributed by atoms with Crippen molar-refractivity contribution < 1.29 is 19.1 Å². The first kappa shape index (κ1) is 20.2. The SMILES string of the molecule is CCN1C(=O)N/C(=C\c2cc(Br)c(OCc3ccccc3Cl)c(OC)c2)C1=O. The molecule has 0 unspecified atom stereocenters. The third kappa shape index (κ3) is 4.15. The third-order valence-electron chi connectivity index (χ3n) is 4.17. The van der Waals surface area contributed by atoms with Gasteiger partial charge in [0, 0.05) is 17.1 Å². The third-order valence-corrected chi connectivity index (χ3v) is 5.13. The standard InChI is InChI=1S/C20H18BrClN2O4/c1-3-24-19(25)16(23-20(24)26)9-12-8-14(21)18(17(10-12)27-2)28-11-13-6-4-5-7-15(13)22/h4-10H,3,11H2,1-2H3,(H,23,26)/b16-9-. The lowest BCUT2D eigenvalue weighted by atomic mass is 10.1. The fraction of sp³-hybridized carbons (Fsp3) is 0.200. The van der Waals surface area contributed by atoms with E-state index in [1.165, 1.54) is 7.11 Å². The second kappa shape index (κ2) is 8.67. The molecule has 2 aromatic rings. The molecule has 0 radical (unpaired) electrons. The maximum absolute atomic E-state index is 12.2. The van der Waals surface area contributed by atoms with Crippen LogP contribution in [0.1, 0.15) is 18.1 Å². The lowest BCUT2D eigenvalue weighted by Crippen LogP contribution is -2.30. The van der Waals surface area contributed by atoms with E-state index in [-0.39, 0.29) is 18.2 Å². The molecular formula is C20H18BrClN2O4. The summed E-state index contributed by atoms with van der Waals surface area (Å²) in [4.78, 5) is 25.2. The molecule has 1 N–H and O–H groups in total. The summed E-state index contributed by atoms with van der Waals surface area (Å²) in [6.45, 7) is 2.32. The second-order valence-corrected chi connectivity index (χ2v) is 7.21. The summed E-state index contributed by atoms with van der Waals surface area (Å²) in [5.41, 5.74) is 1.74. The Morgan fingerprint density at radius 3 is 2.64 bits per heavy atom. The summed E-state index contributed by atoms with van der Waals surface area (Å²) in [7, 11) is 1.53. The molecule has 3 amide bonds. The number of carbonyl (C=O) groups excluding carboxylic acids is 2. The van der Waals surface area contributed by atoms with Gasteiger partial charge in [-0.3, -0.25) is 9.69 Å². The van der Waals surface area contributed by atoms with Gasteiger partial charge in [0.15, 0.2) is 11.5 Å². The second-order valence-electron chi connectivity index (χ2n) is 5.95. The van der Waals surface area contributed by atoms with E-state index in [4.69, 9.17) is 21.1 Å². The molecule has 2 aromatic carbocycles. The lowest BCUT2D eigenvalue weighted by Gasteiger charge is -2.14. The van der Waals surface area contributed by atoms with E-state index >= 15 is 0 Å². The van der Waals surface area contributed by atoms with Crippen LogP contribution in [0.15, 0.2) is 46.6 Å². The first-order valence-corrected chi connectivity index (χ1v) is 9.70. The van der Waals surface area contributed by atoms with Crippen LogP contribution in [0.4, 0.5) is 4.79 Å². The predicted octanol–water partition coefficient (Wildman–Crippen LogP) is 4.60. The minimum absolute atomic E-state index is 0.213. The molecule has 0 aliphatic carbocycles. The van der Waals surface area contributed by atoms with Gasteiger partial charge in [0.25, 0.3) is 5.91 Å². The van der Waals surface area contributed by atoms with Gasteiger partial charge in [0.1, 0.15) is 12.3 Å². The van der Waals surface area contributed by atoms with Crippen molar-refractivity contribution in [1.82, 2.24) is 10.2 Å². The maximum atomic E-state index is 12.2. The number of urea groups is 1. The number of nitrogens with zero attached hydrogens (tertiary/aromatic N) is 1. The van der Waals surface area contributed by atoms with E-state index in [0.717, 1.165) is 10.5 Å². The molecule has 0 aromatic heterocycles. The fourth-order valence-electron chi connectivity index (χ4n) is 2.75. The van der Waals surface area contributed by atoms with Crippen LogP contribution < -0.4 is 14.8 Å². The summed E-state index contributed by atoms with van der Waals surface area (Å²) in [6.07, 6.45) is 1.60. The van der Waals surface area contributed by atoms with Crippen molar-refractivity contribution in [1.29, 1.82) is 0 Å². The van der Waals surface area contributed by atoms with Gasteiger partial charge in [-0.25, -0.2) is 4.79 Å². The number of rotatable bonds is 6. The highest BCUT2D eigenvalue weighted by molar-refractivity contribution is 9.10. The number of halogens is 2.